The van der Waals surface area contributed by atoms with Crippen molar-refractivity contribution in [2.45, 2.75) is 39.4 Å². The van der Waals surface area contributed by atoms with Crippen LogP contribution in [0.2, 0.25) is 0 Å². The van der Waals surface area contributed by atoms with E-state index in [1.165, 1.54) is 5.57 Å². The monoisotopic (exact) mass is 182 g/mol. The maximum atomic E-state index is 9.65. The van der Waals surface area contributed by atoms with Crippen LogP contribution in [0.25, 0.3) is 0 Å². The second-order valence-electron chi connectivity index (χ2n) is 3.93. The fourth-order valence-corrected chi connectivity index (χ4v) is 1.64. The number of hydrogen-bond donors (Lipinski definition) is 1. The summed E-state index contributed by atoms with van der Waals surface area (Å²) in [4.78, 5) is 0. The fourth-order valence-electron chi connectivity index (χ4n) is 1.64. The Hall–Kier alpha value is -0.760. The van der Waals surface area contributed by atoms with Crippen LogP contribution in [-0.4, -0.2) is 17.3 Å². The van der Waals surface area contributed by atoms with E-state index in [1.54, 1.807) is 0 Å². The number of hydrogen-bond acceptors (Lipinski definition) is 2. The molecule has 0 saturated carbocycles. The Balaban J connectivity index is 2.66. The first-order chi connectivity index (χ1) is 6.00. The summed E-state index contributed by atoms with van der Waals surface area (Å²) in [6, 6.07) is 0. The van der Waals surface area contributed by atoms with E-state index in [9.17, 15) is 5.11 Å². The second-order valence-corrected chi connectivity index (χ2v) is 3.93. The average molecular weight is 182 g/mol. The van der Waals surface area contributed by atoms with E-state index in [-0.39, 0.29) is 18.1 Å². The van der Waals surface area contributed by atoms with E-state index in [2.05, 4.69) is 6.58 Å². The topological polar surface area (TPSA) is 29.5 Å². The van der Waals surface area contributed by atoms with E-state index in [0.29, 0.717) is 0 Å². The largest absolute Gasteiger partial charge is 0.495 e. The van der Waals surface area contributed by atoms with Gasteiger partial charge >= 0.3 is 0 Å². The lowest BCUT2D eigenvalue weighted by Crippen LogP contribution is -2.34. The molecule has 13 heavy (non-hydrogen) atoms. The molecule has 1 aliphatic carbocycles. The lowest BCUT2D eigenvalue weighted by Gasteiger charge is -2.32. The summed E-state index contributed by atoms with van der Waals surface area (Å²) >= 11 is 0. The summed E-state index contributed by atoms with van der Waals surface area (Å²) in [7, 11) is 0. The van der Waals surface area contributed by atoms with Crippen LogP contribution >= 0.6 is 0 Å². The molecular weight excluding hydrogens is 164 g/mol. The number of ether oxygens (including phenoxy) is 1. The third-order valence-corrected chi connectivity index (χ3v) is 2.46. The van der Waals surface area contributed by atoms with Gasteiger partial charge < -0.3 is 9.84 Å². The Morgan fingerprint density at radius 1 is 1.69 bits per heavy atom. The molecular formula is C11H18O2. The van der Waals surface area contributed by atoms with Gasteiger partial charge in [-0.05, 0) is 13.8 Å². The van der Waals surface area contributed by atoms with Crippen molar-refractivity contribution in [1.29, 1.82) is 0 Å². The number of aliphatic hydroxyl groups is 1. The van der Waals surface area contributed by atoms with Crippen LogP contribution < -0.4 is 0 Å². The molecule has 0 amide bonds. The molecule has 2 heteroatoms. The van der Waals surface area contributed by atoms with E-state index in [0.717, 1.165) is 12.2 Å². The van der Waals surface area contributed by atoms with Gasteiger partial charge in [0.15, 0.2) is 0 Å². The molecule has 3 unspecified atom stereocenters. The zero-order chi connectivity index (χ0) is 10.0. The minimum atomic E-state index is -0.377. The predicted molar refractivity (Wildman–Crippen MR) is 53.2 cm³/mol. The standard InChI is InChI=1S/C11H18O2/c1-7(2)13-11-6-8(3)5-10(12)9(11)4/h5,9-12H,1,6H2,2-4H3. The van der Waals surface area contributed by atoms with E-state index >= 15 is 0 Å². The third kappa shape index (κ3) is 2.59. The van der Waals surface area contributed by atoms with Crippen LogP contribution in [-0.2, 0) is 4.74 Å². The lowest BCUT2D eigenvalue weighted by molar-refractivity contribution is 0.0127. The molecule has 0 heterocycles. The van der Waals surface area contributed by atoms with Gasteiger partial charge in [-0.3, -0.25) is 0 Å². The molecule has 0 saturated heterocycles. The zero-order valence-electron chi connectivity index (χ0n) is 8.58. The summed E-state index contributed by atoms with van der Waals surface area (Å²) in [6.45, 7) is 9.57. The van der Waals surface area contributed by atoms with Crippen molar-refractivity contribution >= 4 is 0 Å². The molecule has 0 radical (unpaired) electrons. The van der Waals surface area contributed by atoms with Crippen LogP contribution in [0.15, 0.2) is 24.0 Å². The number of rotatable bonds is 2. The zero-order valence-corrected chi connectivity index (χ0v) is 8.58. The highest BCUT2D eigenvalue weighted by molar-refractivity contribution is 5.11. The smallest absolute Gasteiger partial charge is 0.107 e. The highest BCUT2D eigenvalue weighted by Crippen LogP contribution is 2.27. The molecule has 0 aromatic rings. The maximum Gasteiger partial charge on any atom is 0.107 e. The van der Waals surface area contributed by atoms with Crippen LogP contribution in [0.5, 0.6) is 0 Å². The molecule has 0 aliphatic heterocycles. The van der Waals surface area contributed by atoms with Gasteiger partial charge in [0.05, 0.1) is 11.9 Å². The van der Waals surface area contributed by atoms with Gasteiger partial charge in [-0.1, -0.05) is 25.2 Å². The fraction of sp³-hybridized carbons (Fsp3) is 0.636. The van der Waals surface area contributed by atoms with Gasteiger partial charge in [-0.25, -0.2) is 0 Å². The number of aliphatic hydroxyl groups excluding tert-OH is 1. The maximum absolute atomic E-state index is 9.65. The first-order valence-corrected chi connectivity index (χ1v) is 4.68. The summed E-state index contributed by atoms with van der Waals surface area (Å²) in [5.41, 5.74) is 1.19. The molecule has 1 N–H and O–H groups in total. The Kier molecular flexibility index (Phi) is 3.15. The molecule has 1 aliphatic rings. The Morgan fingerprint density at radius 2 is 2.31 bits per heavy atom. The van der Waals surface area contributed by atoms with Crippen molar-refractivity contribution in [1.82, 2.24) is 0 Å². The Labute approximate surface area is 79.9 Å². The van der Waals surface area contributed by atoms with E-state index in [4.69, 9.17) is 4.74 Å². The van der Waals surface area contributed by atoms with Crippen molar-refractivity contribution in [3.63, 3.8) is 0 Å². The normalized spacial score (nSPS) is 33.8. The summed E-state index contributed by atoms with van der Waals surface area (Å²) in [6.07, 6.45) is 2.50. The minimum Gasteiger partial charge on any atom is -0.495 e. The van der Waals surface area contributed by atoms with Gasteiger partial charge in [-0.15, -0.1) is 0 Å². The predicted octanol–water partition coefficient (Wildman–Crippen LogP) is 2.25. The highest BCUT2D eigenvalue weighted by Gasteiger charge is 2.28. The van der Waals surface area contributed by atoms with Crippen molar-refractivity contribution in [3.8, 4) is 0 Å². The average Bonchev–Trinajstić information content (AvgIpc) is 1.98. The van der Waals surface area contributed by atoms with Crippen LogP contribution in [0.4, 0.5) is 0 Å². The van der Waals surface area contributed by atoms with E-state index in [1.807, 2.05) is 26.8 Å². The molecule has 74 valence electrons. The molecule has 0 spiro atoms. The van der Waals surface area contributed by atoms with Crippen molar-refractivity contribution in [3.05, 3.63) is 24.0 Å². The molecule has 0 bridgehead atoms. The first kappa shape index (κ1) is 10.3. The van der Waals surface area contributed by atoms with Crippen molar-refractivity contribution in [2.24, 2.45) is 5.92 Å². The summed E-state index contributed by atoms with van der Waals surface area (Å²) in [5, 5.41) is 9.65. The molecule has 0 fully saturated rings. The van der Waals surface area contributed by atoms with Crippen LogP contribution in [0.1, 0.15) is 27.2 Å². The summed E-state index contributed by atoms with van der Waals surface area (Å²) in [5.74, 6) is 0.874. The summed E-state index contributed by atoms with van der Waals surface area (Å²) < 4.78 is 5.55. The van der Waals surface area contributed by atoms with Gasteiger partial charge in [-0.2, -0.15) is 0 Å². The molecule has 0 aromatic heterocycles. The Bertz CT molecular complexity index is 230. The van der Waals surface area contributed by atoms with Crippen LogP contribution in [0.3, 0.4) is 0 Å². The third-order valence-electron chi connectivity index (χ3n) is 2.46. The second kappa shape index (κ2) is 3.97. The first-order valence-electron chi connectivity index (χ1n) is 4.68. The van der Waals surface area contributed by atoms with Crippen LogP contribution in [0, 0.1) is 5.92 Å². The highest BCUT2D eigenvalue weighted by atomic mass is 16.5. The molecule has 3 atom stereocenters. The molecule has 2 nitrogen and oxygen atoms in total. The van der Waals surface area contributed by atoms with Crippen molar-refractivity contribution < 1.29 is 9.84 Å². The minimum absolute atomic E-state index is 0.0810. The number of allylic oxidation sites excluding steroid dienone is 1. The SMILES string of the molecule is C=C(C)OC1CC(C)=CC(O)C1C. The van der Waals surface area contributed by atoms with Crippen molar-refractivity contribution in [2.75, 3.05) is 0 Å². The van der Waals surface area contributed by atoms with Gasteiger partial charge in [0, 0.05) is 12.3 Å². The molecule has 1 rings (SSSR count). The van der Waals surface area contributed by atoms with Gasteiger partial charge in [0.1, 0.15) is 6.10 Å². The lowest BCUT2D eigenvalue weighted by atomic mass is 9.86. The van der Waals surface area contributed by atoms with Gasteiger partial charge in [0.25, 0.3) is 0 Å². The molecule has 0 aromatic carbocycles. The van der Waals surface area contributed by atoms with E-state index < -0.39 is 0 Å². The van der Waals surface area contributed by atoms with Gasteiger partial charge in [0.2, 0.25) is 0 Å². The quantitative estimate of drug-likeness (QED) is 0.524. The Morgan fingerprint density at radius 3 is 2.85 bits per heavy atom.